The van der Waals surface area contributed by atoms with Gasteiger partial charge in [0.1, 0.15) is 12.1 Å². The lowest BCUT2D eigenvalue weighted by Gasteiger charge is -2.31. The summed E-state index contributed by atoms with van der Waals surface area (Å²) in [6.45, 7) is 4.01. The molecule has 0 saturated carbocycles. The molecule has 1 aliphatic rings. The van der Waals surface area contributed by atoms with Crippen LogP contribution in [0.15, 0.2) is 33.4 Å². The molecule has 0 spiro atoms. The first-order valence-corrected chi connectivity index (χ1v) is 7.77. The van der Waals surface area contributed by atoms with Crippen molar-refractivity contribution in [1.29, 1.82) is 0 Å². The van der Waals surface area contributed by atoms with Gasteiger partial charge in [-0.15, -0.1) is 0 Å². The molecule has 1 amide bonds. The zero-order valence-corrected chi connectivity index (χ0v) is 13.6. The van der Waals surface area contributed by atoms with E-state index in [1.165, 1.54) is 12.3 Å². The lowest BCUT2D eigenvalue weighted by atomic mass is 10.2. The molecular formula is C15H15BrFN3O2. The number of benzene rings is 1. The molecule has 0 radical (unpaired) electrons. The Bertz CT molecular complexity index is 704. The number of halogens is 2. The van der Waals surface area contributed by atoms with E-state index in [2.05, 4.69) is 26.2 Å². The van der Waals surface area contributed by atoms with Gasteiger partial charge in [0.2, 0.25) is 5.89 Å². The molecule has 116 valence electrons. The van der Waals surface area contributed by atoms with Gasteiger partial charge in [-0.3, -0.25) is 4.79 Å². The third-order valence-electron chi connectivity index (χ3n) is 3.54. The molecule has 2 heterocycles. The molecule has 22 heavy (non-hydrogen) atoms. The number of carbonyl (C=O) groups is 1. The van der Waals surface area contributed by atoms with E-state index in [-0.39, 0.29) is 29.1 Å². The normalized spacial score (nSPS) is 18.5. The summed E-state index contributed by atoms with van der Waals surface area (Å²) in [7, 11) is 0. The smallest absolute Gasteiger partial charge is 0.275 e. The lowest BCUT2D eigenvalue weighted by Crippen LogP contribution is -2.51. The summed E-state index contributed by atoms with van der Waals surface area (Å²) in [5.74, 6) is -0.538. The van der Waals surface area contributed by atoms with Gasteiger partial charge in [-0.05, 0) is 25.1 Å². The van der Waals surface area contributed by atoms with Crippen LogP contribution in [0.4, 0.5) is 4.39 Å². The van der Waals surface area contributed by atoms with Crippen molar-refractivity contribution >= 4 is 21.8 Å². The number of hydrogen-bond acceptors (Lipinski definition) is 4. The van der Waals surface area contributed by atoms with Gasteiger partial charge in [-0.25, -0.2) is 9.37 Å². The molecule has 7 heteroatoms. The second-order valence-corrected chi connectivity index (χ2v) is 6.18. The van der Waals surface area contributed by atoms with Crippen molar-refractivity contribution in [2.24, 2.45) is 0 Å². The maximum atomic E-state index is 13.9. The van der Waals surface area contributed by atoms with Crippen LogP contribution < -0.4 is 5.32 Å². The van der Waals surface area contributed by atoms with Crippen molar-refractivity contribution in [1.82, 2.24) is 15.2 Å². The average Bonchev–Trinajstić information content (AvgIpc) is 2.96. The molecule has 2 aromatic rings. The first-order chi connectivity index (χ1) is 10.5. The van der Waals surface area contributed by atoms with Crippen LogP contribution in [0.2, 0.25) is 0 Å². The average molecular weight is 368 g/mol. The monoisotopic (exact) mass is 367 g/mol. The summed E-state index contributed by atoms with van der Waals surface area (Å²) in [4.78, 5) is 18.3. The number of carbonyl (C=O) groups excluding carboxylic acids is 1. The number of nitrogens with one attached hydrogen (secondary N) is 1. The quantitative estimate of drug-likeness (QED) is 0.886. The van der Waals surface area contributed by atoms with E-state index in [1.54, 1.807) is 17.0 Å². The fraction of sp³-hybridized carbons (Fsp3) is 0.333. The highest BCUT2D eigenvalue weighted by Gasteiger charge is 2.24. The molecule has 1 aromatic heterocycles. The first kappa shape index (κ1) is 15.2. The summed E-state index contributed by atoms with van der Waals surface area (Å²) < 4.78 is 19.8. The van der Waals surface area contributed by atoms with Crippen LogP contribution in [0.3, 0.4) is 0 Å². The number of rotatable bonds is 2. The Hall–Kier alpha value is -1.73. The maximum Gasteiger partial charge on any atom is 0.275 e. The van der Waals surface area contributed by atoms with Crippen LogP contribution in [-0.2, 0) is 0 Å². The third-order valence-corrected chi connectivity index (χ3v) is 4.03. The van der Waals surface area contributed by atoms with Crippen molar-refractivity contribution in [3.63, 3.8) is 0 Å². The van der Waals surface area contributed by atoms with Crippen LogP contribution in [0.5, 0.6) is 0 Å². The van der Waals surface area contributed by atoms with Crippen LogP contribution in [0.1, 0.15) is 17.4 Å². The molecule has 1 fully saturated rings. The summed E-state index contributed by atoms with van der Waals surface area (Å²) in [5.41, 5.74) is 0.433. The zero-order chi connectivity index (χ0) is 15.7. The minimum absolute atomic E-state index is 0.108. The Morgan fingerprint density at radius 3 is 3.09 bits per heavy atom. The van der Waals surface area contributed by atoms with Crippen LogP contribution >= 0.6 is 15.9 Å². The number of oxazole rings is 1. The first-order valence-electron chi connectivity index (χ1n) is 6.98. The molecule has 0 aliphatic carbocycles. The largest absolute Gasteiger partial charge is 0.444 e. The number of aromatic nitrogens is 1. The fourth-order valence-corrected chi connectivity index (χ4v) is 2.77. The minimum atomic E-state index is -0.453. The predicted molar refractivity (Wildman–Crippen MR) is 83.0 cm³/mol. The van der Waals surface area contributed by atoms with Gasteiger partial charge < -0.3 is 14.6 Å². The Morgan fingerprint density at radius 2 is 2.36 bits per heavy atom. The highest BCUT2D eigenvalue weighted by Crippen LogP contribution is 2.25. The second kappa shape index (κ2) is 6.18. The van der Waals surface area contributed by atoms with Crippen molar-refractivity contribution in [3.05, 3.63) is 40.4 Å². The molecule has 1 aliphatic heterocycles. The number of piperazine rings is 1. The van der Waals surface area contributed by atoms with Crippen molar-refractivity contribution < 1.29 is 13.6 Å². The standard InChI is InChI=1S/C15H15BrFN3O2/c1-9-7-20(5-4-18-9)15(21)13-8-22-14(19-13)11-3-2-10(16)6-12(11)17/h2-3,6,8-9,18H,4-5,7H2,1H3/t9-/m1/s1. The van der Waals surface area contributed by atoms with E-state index in [0.29, 0.717) is 17.6 Å². The minimum Gasteiger partial charge on any atom is -0.444 e. The SMILES string of the molecule is C[C@@H]1CN(C(=O)c2coc(-c3ccc(Br)cc3F)n2)CCN1. The number of nitrogens with zero attached hydrogens (tertiary/aromatic N) is 2. The summed E-state index contributed by atoms with van der Waals surface area (Å²) >= 11 is 3.20. The Morgan fingerprint density at radius 1 is 1.55 bits per heavy atom. The Kier molecular flexibility index (Phi) is 4.26. The van der Waals surface area contributed by atoms with Crippen LogP contribution in [0.25, 0.3) is 11.5 Å². The number of hydrogen-bond donors (Lipinski definition) is 1. The van der Waals surface area contributed by atoms with Crippen LogP contribution in [0, 0.1) is 5.82 Å². The summed E-state index contributed by atoms with van der Waals surface area (Å²) in [5, 5.41) is 3.27. The lowest BCUT2D eigenvalue weighted by molar-refractivity contribution is 0.0703. The van der Waals surface area contributed by atoms with Crippen molar-refractivity contribution in [2.45, 2.75) is 13.0 Å². The molecule has 5 nitrogen and oxygen atoms in total. The second-order valence-electron chi connectivity index (χ2n) is 5.27. The number of amides is 1. The summed E-state index contributed by atoms with van der Waals surface area (Å²) in [6.07, 6.45) is 1.28. The fourth-order valence-electron chi connectivity index (χ4n) is 2.44. The van der Waals surface area contributed by atoms with E-state index < -0.39 is 5.82 Å². The van der Waals surface area contributed by atoms with Gasteiger partial charge in [0.05, 0.1) is 5.56 Å². The van der Waals surface area contributed by atoms with Gasteiger partial charge in [0.25, 0.3) is 5.91 Å². The molecule has 1 N–H and O–H groups in total. The van der Waals surface area contributed by atoms with Gasteiger partial charge in [0, 0.05) is 30.1 Å². The highest BCUT2D eigenvalue weighted by molar-refractivity contribution is 9.10. The van der Waals surface area contributed by atoms with E-state index in [9.17, 15) is 9.18 Å². The van der Waals surface area contributed by atoms with Gasteiger partial charge >= 0.3 is 0 Å². The molecule has 3 rings (SSSR count). The summed E-state index contributed by atoms with van der Waals surface area (Å²) in [6, 6.07) is 4.83. The van der Waals surface area contributed by atoms with Gasteiger partial charge in [-0.2, -0.15) is 0 Å². The molecule has 0 unspecified atom stereocenters. The van der Waals surface area contributed by atoms with Crippen LogP contribution in [-0.4, -0.2) is 41.5 Å². The Balaban J connectivity index is 1.82. The van der Waals surface area contributed by atoms with Crippen molar-refractivity contribution in [2.75, 3.05) is 19.6 Å². The predicted octanol–water partition coefficient (Wildman–Crippen LogP) is 2.68. The van der Waals surface area contributed by atoms with E-state index in [0.717, 1.165) is 6.54 Å². The molecule has 1 atom stereocenters. The van der Waals surface area contributed by atoms with E-state index >= 15 is 0 Å². The van der Waals surface area contributed by atoms with E-state index in [4.69, 9.17) is 4.42 Å². The molecule has 0 bridgehead atoms. The molecule has 1 aromatic carbocycles. The highest BCUT2D eigenvalue weighted by atomic mass is 79.9. The topological polar surface area (TPSA) is 58.4 Å². The zero-order valence-electron chi connectivity index (χ0n) is 12.0. The Labute approximate surface area is 135 Å². The van der Waals surface area contributed by atoms with Crippen molar-refractivity contribution in [3.8, 4) is 11.5 Å². The van der Waals surface area contributed by atoms with E-state index in [1.807, 2.05) is 6.92 Å². The molecular weight excluding hydrogens is 353 g/mol. The van der Waals surface area contributed by atoms with Gasteiger partial charge in [0.15, 0.2) is 5.69 Å². The third kappa shape index (κ3) is 3.05. The molecule has 1 saturated heterocycles. The van der Waals surface area contributed by atoms with Gasteiger partial charge in [-0.1, -0.05) is 15.9 Å². The maximum absolute atomic E-state index is 13.9.